The van der Waals surface area contributed by atoms with Crippen LogP contribution in [0.15, 0.2) is 64.3 Å². The number of anilines is 1. The van der Waals surface area contributed by atoms with E-state index >= 15 is 0 Å². The van der Waals surface area contributed by atoms with Crippen LogP contribution in [-0.4, -0.2) is 23.3 Å². The van der Waals surface area contributed by atoms with Gasteiger partial charge in [-0.15, -0.1) is 0 Å². The summed E-state index contributed by atoms with van der Waals surface area (Å²) in [5.74, 6) is 2.21. The highest BCUT2D eigenvalue weighted by Crippen LogP contribution is 2.21. The fourth-order valence-electron chi connectivity index (χ4n) is 1.83. The fourth-order valence-corrected chi connectivity index (χ4v) is 1.83. The van der Waals surface area contributed by atoms with Gasteiger partial charge in [-0.25, -0.2) is 4.98 Å². The van der Waals surface area contributed by atoms with E-state index in [2.05, 4.69) is 20.5 Å². The van der Waals surface area contributed by atoms with Crippen molar-refractivity contribution in [2.45, 2.75) is 0 Å². The maximum atomic E-state index is 5.21. The number of rotatable bonds is 5. The monoisotopic (exact) mass is 294 g/mol. The van der Waals surface area contributed by atoms with Crippen molar-refractivity contribution in [2.24, 2.45) is 5.10 Å². The van der Waals surface area contributed by atoms with Crippen molar-refractivity contribution in [1.29, 1.82) is 0 Å². The molecule has 2 heterocycles. The largest absolute Gasteiger partial charge is 0.481 e. The van der Waals surface area contributed by atoms with E-state index < -0.39 is 0 Å². The minimum Gasteiger partial charge on any atom is -0.481 e. The number of nitrogens with one attached hydrogen (secondary N) is 1. The molecule has 0 saturated heterocycles. The van der Waals surface area contributed by atoms with Crippen LogP contribution in [0.3, 0.4) is 0 Å². The van der Waals surface area contributed by atoms with Crippen molar-refractivity contribution in [3.8, 4) is 17.3 Å². The molecule has 1 N–H and O–H groups in total. The van der Waals surface area contributed by atoms with Crippen LogP contribution in [0.2, 0.25) is 0 Å². The minimum absolute atomic E-state index is 0.463. The Kier molecular flexibility index (Phi) is 4.10. The highest BCUT2D eigenvalue weighted by Gasteiger charge is 2.06. The first-order chi connectivity index (χ1) is 10.8. The Balaban J connectivity index is 1.84. The first kappa shape index (κ1) is 13.8. The lowest BCUT2D eigenvalue weighted by atomic mass is 10.2. The van der Waals surface area contributed by atoms with Crippen LogP contribution in [-0.2, 0) is 0 Å². The number of furan rings is 1. The molecule has 0 fully saturated rings. The first-order valence-corrected chi connectivity index (χ1v) is 6.66. The van der Waals surface area contributed by atoms with Gasteiger partial charge in [0.05, 0.1) is 19.6 Å². The molecule has 0 amide bonds. The molecule has 2 aromatic heterocycles. The van der Waals surface area contributed by atoms with Crippen LogP contribution in [0.1, 0.15) is 5.76 Å². The number of methoxy groups -OCH3 is 1. The summed E-state index contributed by atoms with van der Waals surface area (Å²) >= 11 is 0. The van der Waals surface area contributed by atoms with Crippen molar-refractivity contribution in [1.82, 2.24) is 9.97 Å². The van der Waals surface area contributed by atoms with Gasteiger partial charge in [-0.05, 0) is 12.1 Å². The lowest BCUT2D eigenvalue weighted by molar-refractivity contribution is 0.398. The van der Waals surface area contributed by atoms with Gasteiger partial charge in [0.1, 0.15) is 5.76 Å². The molecule has 0 spiro atoms. The number of hydrogen-bond donors (Lipinski definition) is 1. The molecule has 6 heteroatoms. The maximum absolute atomic E-state index is 5.21. The number of nitrogens with zero attached hydrogens (tertiary/aromatic N) is 3. The molecule has 0 saturated carbocycles. The number of hydrogen-bond acceptors (Lipinski definition) is 6. The van der Waals surface area contributed by atoms with Crippen LogP contribution in [0, 0.1) is 0 Å². The minimum atomic E-state index is 0.463. The van der Waals surface area contributed by atoms with Crippen LogP contribution in [0.25, 0.3) is 11.4 Å². The van der Waals surface area contributed by atoms with E-state index in [1.165, 1.54) is 0 Å². The predicted octanol–water partition coefficient (Wildman–Crippen LogP) is 3.19. The fraction of sp³-hybridized carbons (Fsp3) is 0.0625. The number of aromatic nitrogens is 2. The molecule has 0 aliphatic carbocycles. The van der Waals surface area contributed by atoms with Crippen molar-refractivity contribution in [3.63, 3.8) is 0 Å². The van der Waals surface area contributed by atoms with Gasteiger partial charge in [0.2, 0.25) is 5.88 Å². The van der Waals surface area contributed by atoms with Gasteiger partial charge in [0.25, 0.3) is 0 Å². The third kappa shape index (κ3) is 3.29. The zero-order chi connectivity index (χ0) is 15.2. The molecule has 1 aromatic carbocycles. The molecule has 0 aliphatic rings. The Morgan fingerprint density at radius 3 is 2.73 bits per heavy atom. The highest BCUT2D eigenvalue weighted by molar-refractivity contribution is 5.76. The smallest absolute Gasteiger partial charge is 0.218 e. The molecule has 0 unspecified atom stereocenters. The number of hydrazone groups is 1. The van der Waals surface area contributed by atoms with E-state index in [0.29, 0.717) is 23.3 Å². The van der Waals surface area contributed by atoms with Crippen molar-refractivity contribution in [3.05, 3.63) is 60.6 Å². The molecule has 110 valence electrons. The molecular weight excluding hydrogens is 280 g/mol. The molecule has 22 heavy (non-hydrogen) atoms. The third-order valence-electron chi connectivity index (χ3n) is 2.86. The van der Waals surface area contributed by atoms with E-state index in [0.717, 1.165) is 5.56 Å². The molecule has 3 rings (SSSR count). The summed E-state index contributed by atoms with van der Waals surface area (Å²) in [5, 5.41) is 4.08. The van der Waals surface area contributed by atoms with Crippen molar-refractivity contribution >= 4 is 12.0 Å². The number of ether oxygens (including phenoxy) is 1. The quantitative estimate of drug-likeness (QED) is 0.578. The van der Waals surface area contributed by atoms with Gasteiger partial charge in [0, 0.05) is 11.6 Å². The molecular formula is C16H14N4O2. The third-order valence-corrected chi connectivity index (χ3v) is 2.86. The van der Waals surface area contributed by atoms with Crippen molar-refractivity contribution < 1.29 is 9.15 Å². The molecule has 6 nitrogen and oxygen atoms in total. The lowest BCUT2D eigenvalue weighted by Crippen LogP contribution is -1.99. The number of benzene rings is 1. The van der Waals surface area contributed by atoms with E-state index in [4.69, 9.17) is 9.15 Å². The first-order valence-electron chi connectivity index (χ1n) is 6.66. The summed E-state index contributed by atoms with van der Waals surface area (Å²) in [6, 6.07) is 14.9. The van der Waals surface area contributed by atoms with Crippen molar-refractivity contribution in [2.75, 3.05) is 12.5 Å². The summed E-state index contributed by atoms with van der Waals surface area (Å²) in [7, 11) is 1.56. The molecule has 0 radical (unpaired) electrons. The summed E-state index contributed by atoms with van der Waals surface area (Å²) in [6.45, 7) is 0. The average Bonchev–Trinajstić information content (AvgIpc) is 3.09. The average molecular weight is 294 g/mol. The van der Waals surface area contributed by atoms with Crippen LogP contribution < -0.4 is 10.2 Å². The molecule has 3 aromatic rings. The molecule has 0 aliphatic heterocycles. The second kappa shape index (κ2) is 6.53. The zero-order valence-corrected chi connectivity index (χ0v) is 11.9. The van der Waals surface area contributed by atoms with Crippen LogP contribution in [0.5, 0.6) is 5.88 Å². The second-order valence-electron chi connectivity index (χ2n) is 4.37. The van der Waals surface area contributed by atoms with E-state index in [-0.39, 0.29) is 0 Å². The van der Waals surface area contributed by atoms with Gasteiger partial charge in [-0.1, -0.05) is 30.3 Å². The topological polar surface area (TPSA) is 72.5 Å². The zero-order valence-electron chi connectivity index (χ0n) is 11.9. The Labute approximate surface area is 127 Å². The van der Waals surface area contributed by atoms with E-state index in [9.17, 15) is 0 Å². The SMILES string of the molecule is COc1cc(N/N=C/c2ccco2)nc(-c2ccccc2)n1. The van der Waals surface area contributed by atoms with E-state index in [1.54, 1.807) is 37.8 Å². The second-order valence-corrected chi connectivity index (χ2v) is 4.37. The Bertz CT molecular complexity index is 755. The summed E-state index contributed by atoms with van der Waals surface area (Å²) in [4.78, 5) is 8.76. The highest BCUT2D eigenvalue weighted by atomic mass is 16.5. The van der Waals surface area contributed by atoms with Crippen LogP contribution in [0.4, 0.5) is 5.82 Å². The Morgan fingerprint density at radius 1 is 1.14 bits per heavy atom. The van der Waals surface area contributed by atoms with Gasteiger partial charge in [0.15, 0.2) is 11.6 Å². The van der Waals surface area contributed by atoms with Gasteiger partial charge < -0.3 is 9.15 Å². The summed E-state index contributed by atoms with van der Waals surface area (Å²) in [6.07, 6.45) is 3.15. The molecule has 0 atom stereocenters. The maximum Gasteiger partial charge on any atom is 0.218 e. The van der Waals surface area contributed by atoms with Gasteiger partial charge in [-0.2, -0.15) is 10.1 Å². The summed E-state index contributed by atoms with van der Waals surface area (Å²) < 4.78 is 10.4. The predicted molar refractivity (Wildman–Crippen MR) is 83.9 cm³/mol. The molecule has 0 bridgehead atoms. The van der Waals surface area contributed by atoms with E-state index in [1.807, 2.05) is 30.3 Å². The normalized spacial score (nSPS) is 10.8. The van der Waals surface area contributed by atoms with Crippen LogP contribution >= 0.6 is 0 Å². The van der Waals surface area contributed by atoms with Gasteiger partial charge >= 0.3 is 0 Å². The Hall–Kier alpha value is -3.15. The Morgan fingerprint density at radius 2 is 2.00 bits per heavy atom. The standard InChI is InChI=1S/C16H14N4O2/c1-21-15-10-14(20-17-11-13-8-5-9-22-13)18-16(19-15)12-6-3-2-4-7-12/h2-11H,1H3,(H,18,19,20)/b17-11+. The lowest BCUT2D eigenvalue weighted by Gasteiger charge is -2.06. The van der Waals surface area contributed by atoms with Gasteiger partial charge in [-0.3, -0.25) is 5.43 Å². The summed E-state index contributed by atoms with van der Waals surface area (Å²) in [5.41, 5.74) is 3.75.